The van der Waals surface area contributed by atoms with Crippen LogP contribution in [0.5, 0.6) is 0 Å². The topological polar surface area (TPSA) is 93.4 Å². The number of hydrogen-bond donors (Lipinski definition) is 2. The van der Waals surface area contributed by atoms with Crippen LogP contribution < -0.4 is 10.6 Å². The third kappa shape index (κ3) is 11.2. The van der Waals surface area contributed by atoms with E-state index in [1.165, 1.54) is 56.7 Å². The highest BCUT2D eigenvalue weighted by Gasteiger charge is 2.06. The molecule has 0 aliphatic carbocycles. The van der Waals surface area contributed by atoms with E-state index in [4.69, 9.17) is 0 Å². The van der Waals surface area contributed by atoms with Gasteiger partial charge in [-0.15, -0.1) is 5.10 Å². The highest BCUT2D eigenvalue weighted by molar-refractivity contribution is 5.79. The minimum absolute atomic E-state index is 0.0595. The maximum absolute atomic E-state index is 11.2. The molecule has 0 aromatic carbocycles. The molecule has 0 aliphatic rings. The first-order valence-corrected chi connectivity index (χ1v) is 10.2. The highest BCUT2D eigenvalue weighted by Crippen LogP contribution is 2.07. The molecule has 0 saturated carbocycles. The second kappa shape index (κ2) is 15.0. The molecule has 0 saturated heterocycles. The third-order valence-corrected chi connectivity index (χ3v) is 4.17. The Balaban J connectivity index is 2.26. The van der Waals surface area contributed by atoms with Gasteiger partial charge in [-0.05, 0) is 13.3 Å². The normalized spacial score (nSPS) is 11.4. The fourth-order valence-corrected chi connectivity index (χ4v) is 2.65. The summed E-state index contributed by atoms with van der Waals surface area (Å²) >= 11 is 0. The molecular formula is C19H36N6O2. The summed E-state index contributed by atoms with van der Waals surface area (Å²) in [5.41, 5.74) is 0.711. The predicted octanol–water partition coefficient (Wildman–Crippen LogP) is 2.65. The van der Waals surface area contributed by atoms with Gasteiger partial charge in [0.15, 0.2) is 5.96 Å². The fourth-order valence-electron chi connectivity index (χ4n) is 2.65. The minimum Gasteiger partial charge on any atom is -0.468 e. The number of hydrogen-bond acceptors (Lipinski definition) is 5. The van der Waals surface area contributed by atoms with Gasteiger partial charge in [-0.25, -0.2) is 9.67 Å². The van der Waals surface area contributed by atoms with Crippen molar-refractivity contribution >= 4 is 11.9 Å². The summed E-state index contributed by atoms with van der Waals surface area (Å²) < 4.78 is 6.07. The Labute approximate surface area is 163 Å². The number of methoxy groups -OCH3 is 1. The molecule has 0 atom stereocenters. The van der Waals surface area contributed by atoms with Crippen molar-refractivity contribution in [2.75, 3.05) is 20.2 Å². The van der Waals surface area contributed by atoms with Crippen molar-refractivity contribution < 1.29 is 9.53 Å². The molecule has 0 spiro atoms. The number of aromatic nitrogens is 3. The van der Waals surface area contributed by atoms with Crippen LogP contribution in [0, 0.1) is 0 Å². The van der Waals surface area contributed by atoms with Gasteiger partial charge in [0.2, 0.25) is 0 Å². The largest absolute Gasteiger partial charge is 0.468 e. The van der Waals surface area contributed by atoms with E-state index in [2.05, 4.69) is 37.6 Å². The van der Waals surface area contributed by atoms with Crippen LogP contribution in [0.15, 0.2) is 11.2 Å². The van der Waals surface area contributed by atoms with E-state index < -0.39 is 0 Å². The molecular weight excluding hydrogens is 344 g/mol. The molecule has 0 aliphatic heterocycles. The molecule has 0 radical (unpaired) electrons. The first-order chi connectivity index (χ1) is 13.2. The highest BCUT2D eigenvalue weighted by atomic mass is 16.5. The lowest BCUT2D eigenvalue weighted by Crippen LogP contribution is -2.37. The Hall–Kier alpha value is -2.12. The number of rotatable bonds is 14. The summed E-state index contributed by atoms with van der Waals surface area (Å²) in [4.78, 5) is 15.8. The molecule has 8 heteroatoms. The number of carbonyl (C=O) groups is 1. The molecule has 27 heavy (non-hydrogen) atoms. The number of guanidine groups is 1. The molecule has 2 N–H and O–H groups in total. The first kappa shape index (κ1) is 22.9. The third-order valence-electron chi connectivity index (χ3n) is 4.17. The first-order valence-electron chi connectivity index (χ1n) is 10.2. The van der Waals surface area contributed by atoms with Crippen LogP contribution in [-0.4, -0.2) is 47.1 Å². The van der Waals surface area contributed by atoms with Gasteiger partial charge in [-0.2, -0.15) is 0 Å². The van der Waals surface area contributed by atoms with Crippen molar-refractivity contribution in [1.82, 2.24) is 25.6 Å². The maximum Gasteiger partial charge on any atom is 0.327 e. The van der Waals surface area contributed by atoms with Crippen LogP contribution >= 0.6 is 0 Å². The second-order valence-corrected chi connectivity index (χ2v) is 6.58. The fraction of sp³-hybridized carbons (Fsp3) is 0.789. The van der Waals surface area contributed by atoms with Crippen molar-refractivity contribution in [2.24, 2.45) is 4.99 Å². The summed E-state index contributed by atoms with van der Waals surface area (Å²) in [6.45, 7) is 6.48. The van der Waals surface area contributed by atoms with E-state index in [1.807, 2.05) is 6.92 Å². The van der Waals surface area contributed by atoms with Gasteiger partial charge in [0.05, 0.1) is 19.9 Å². The second-order valence-electron chi connectivity index (χ2n) is 6.58. The summed E-state index contributed by atoms with van der Waals surface area (Å²) in [7, 11) is 1.35. The van der Waals surface area contributed by atoms with Crippen LogP contribution in [0.2, 0.25) is 0 Å². The van der Waals surface area contributed by atoms with Crippen LogP contribution in [0.4, 0.5) is 0 Å². The standard InChI is InChI=1S/C19H36N6O2/c1-4-6-7-8-9-10-11-12-13-21-19(20-5-2)22-14-17-15-25(24-23-17)16-18(26)27-3/h15H,4-14,16H2,1-3H3,(H2,20,21,22). The van der Waals surface area contributed by atoms with Crippen LogP contribution in [-0.2, 0) is 22.6 Å². The molecule has 0 fully saturated rings. The van der Waals surface area contributed by atoms with Gasteiger partial charge in [0, 0.05) is 13.1 Å². The number of ether oxygens (including phenoxy) is 1. The zero-order valence-corrected chi connectivity index (χ0v) is 17.2. The van der Waals surface area contributed by atoms with Crippen LogP contribution in [0.3, 0.4) is 0 Å². The summed E-state index contributed by atoms with van der Waals surface area (Å²) in [5, 5.41) is 14.5. The van der Waals surface area contributed by atoms with Gasteiger partial charge in [-0.3, -0.25) is 4.79 Å². The van der Waals surface area contributed by atoms with E-state index >= 15 is 0 Å². The molecule has 0 unspecified atom stereocenters. The minimum atomic E-state index is -0.352. The molecule has 1 aromatic rings. The lowest BCUT2D eigenvalue weighted by atomic mass is 10.1. The zero-order valence-electron chi connectivity index (χ0n) is 17.2. The van der Waals surface area contributed by atoms with E-state index in [9.17, 15) is 4.79 Å². The van der Waals surface area contributed by atoms with E-state index in [-0.39, 0.29) is 12.5 Å². The molecule has 1 rings (SSSR count). The smallest absolute Gasteiger partial charge is 0.327 e. The molecule has 8 nitrogen and oxygen atoms in total. The maximum atomic E-state index is 11.2. The lowest BCUT2D eigenvalue weighted by Gasteiger charge is -2.10. The number of nitrogens with one attached hydrogen (secondary N) is 2. The quantitative estimate of drug-likeness (QED) is 0.223. The summed E-state index contributed by atoms with van der Waals surface area (Å²) in [6, 6.07) is 0. The van der Waals surface area contributed by atoms with Gasteiger partial charge in [-0.1, -0.05) is 57.1 Å². The average Bonchev–Trinajstić information content (AvgIpc) is 3.11. The number of aliphatic imine (C=N–C) groups is 1. The molecule has 1 heterocycles. The van der Waals surface area contributed by atoms with Crippen molar-refractivity contribution in [3.05, 3.63) is 11.9 Å². The molecule has 0 bridgehead atoms. The van der Waals surface area contributed by atoms with Gasteiger partial charge < -0.3 is 15.4 Å². The Morgan fingerprint density at radius 2 is 1.81 bits per heavy atom. The van der Waals surface area contributed by atoms with Gasteiger partial charge >= 0.3 is 5.97 Å². The van der Waals surface area contributed by atoms with Crippen LogP contribution in [0.1, 0.15) is 70.9 Å². The zero-order chi connectivity index (χ0) is 19.7. The van der Waals surface area contributed by atoms with E-state index in [1.54, 1.807) is 6.20 Å². The number of esters is 1. The number of carbonyl (C=O) groups excluding carboxylic acids is 1. The van der Waals surface area contributed by atoms with Gasteiger partial charge in [0.1, 0.15) is 12.2 Å². The van der Waals surface area contributed by atoms with E-state index in [0.29, 0.717) is 12.2 Å². The Bertz CT molecular complexity index is 544. The summed E-state index contributed by atoms with van der Waals surface area (Å²) in [6.07, 6.45) is 12.2. The molecule has 154 valence electrons. The Kier molecular flexibility index (Phi) is 12.7. The number of nitrogens with zero attached hydrogens (tertiary/aromatic N) is 4. The lowest BCUT2D eigenvalue weighted by molar-refractivity contribution is -0.141. The summed E-state index contributed by atoms with van der Waals surface area (Å²) in [5.74, 6) is 0.429. The van der Waals surface area contributed by atoms with E-state index in [0.717, 1.165) is 25.5 Å². The molecule has 1 aromatic heterocycles. The van der Waals surface area contributed by atoms with Crippen molar-refractivity contribution in [1.29, 1.82) is 0 Å². The monoisotopic (exact) mass is 380 g/mol. The van der Waals surface area contributed by atoms with Crippen molar-refractivity contribution in [3.8, 4) is 0 Å². The predicted molar refractivity (Wildman–Crippen MR) is 107 cm³/mol. The Morgan fingerprint density at radius 3 is 2.48 bits per heavy atom. The molecule has 0 amide bonds. The number of unbranched alkanes of at least 4 members (excludes halogenated alkanes) is 7. The Morgan fingerprint density at radius 1 is 1.11 bits per heavy atom. The van der Waals surface area contributed by atoms with Crippen molar-refractivity contribution in [3.63, 3.8) is 0 Å². The van der Waals surface area contributed by atoms with Gasteiger partial charge in [0.25, 0.3) is 0 Å². The average molecular weight is 381 g/mol. The SMILES string of the molecule is CCCCCCCCCCNC(=NCc1cn(CC(=O)OC)nn1)NCC. The van der Waals surface area contributed by atoms with Crippen molar-refractivity contribution in [2.45, 2.75) is 78.3 Å². The van der Waals surface area contributed by atoms with Crippen LogP contribution in [0.25, 0.3) is 0 Å².